The van der Waals surface area contributed by atoms with E-state index in [1.165, 1.54) is 25.7 Å². The zero-order valence-corrected chi connectivity index (χ0v) is 14.6. The zero-order valence-electron chi connectivity index (χ0n) is 13.8. The lowest BCUT2D eigenvalue weighted by Crippen LogP contribution is -2.11. The Morgan fingerprint density at radius 2 is 1.96 bits per heavy atom. The van der Waals surface area contributed by atoms with Gasteiger partial charge in [-0.25, -0.2) is 4.98 Å². The minimum absolute atomic E-state index is 0.165. The molecular formula is C16H22N6S. The van der Waals surface area contributed by atoms with E-state index in [1.54, 1.807) is 11.3 Å². The lowest BCUT2D eigenvalue weighted by atomic mass is 10.1. The van der Waals surface area contributed by atoms with Crippen LogP contribution in [0.1, 0.15) is 81.0 Å². The normalized spacial score (nSPS) is 17.6. The van der Waals surface area contributed by atoms with Gasteiger partial charge in [0.05, 0.1) is 6.04 Å². The molecule has 3 aromatic rings. The van der Waals surface area contributed by atoms with Crippen molar-refractivity contribution in [1.29, 1.82) is 0 Å². The van der Waals surface area contributed by atoms with E-state index in [1.807, 2.05) is 16.9 Å². The van der Waals surface area contributed by atoms with Crippen LogP contribution in [-0.2, 0) is 0 Å². The van der Waals surface area contributed by atoms with E-state index < -0.39 is 0 Å². The summed E-state index contributed by atoms with van der Waals surface area (Å²) in [4.78, 5) is 5.39. The van der Waals surface area contributed by atoms with Crippen molar-refractivity contribution in [3.05, 3.63) is 29.1 Å². The van der Waals surface area contributed by atoms with Gasteiger partial charge in [0, 0.05) is 24.2 Å². The topological polar surface area (TPSA) is 60.9 Å². The Morgan fingerprint density at radius 3 is 2.70 bits per heavy atom. The molecule has 0 spiro atoms. The van der Waals surface area contributed by atoms with Crippen LogP contribution in [0.5, 0.6) is 0 Å². The molecule has 1 atom stereocenters. The quantitative estimate of drug-likeness (QED) is 0.730. The molecule has 1 unspecified atom stereocenters. The molecule has 3 aromatic heterocycles. The Morgan fingerprint density at radius 1 is 1.17 bits per heavy atom. The molecule has 1 fully saturated rings. The first-order chi connectivity index (χ1) is 11.1. The number of hydrogen-bond acceptors (Lipinski definition) is 5. The fourth-order valence-corrected chi connectivity index (χ4v) is 4.37. The summed E-state index contributed by atoms with van der Waals surface area (Å²) in [6, 6.07) is 0.165. The molecule has 4 rings (SSSR count). The van der Waals surface area contributed by atoms with Crippen LogP contribution in [0.4, 0.5) is 0 Å². The van der Waals surface area contributed by atoms with Crippen molar-refractivity contribution in [2.24, 2.45) is 0 Å². The van der Waals surface area contributed by atoms with Gasteiger partial charge in [0.25, 0.3) is 0 Å². The molecule has 0 aliphatic heterocycles. The molecule has 1 aliphatic carbocycles. The average molecular weight is 330 g/mol. The number of fused-ring (bicyclic) bond motifs is 1. The summed E-state index contributed by atoms with van der Waals surface area (Å²) in [7, 11) is 0. The monoisotopic (exact) mass is 330 g/mol. The molecule has 23 heavy (non-hydrogen) atoms. The molecule has 7 heteroatoms. The SMILES string of the molecule is CC(C)c1nccn1C(C)c1nn2c(C3CCCC3)nnc2s1. The van der Waals surface area contributed by atoms with E-state index in [-0.39, 0.29) is 6.04 Å². The van der Waals surface area contributed by atoms with E-state index >= 15 is 0 Å². The molecule has 3 heterocycles. The van der Waals surface area contributed by atoms with Gasteiger partial charge in [-0.05, 0) is 19.8 Å². The van der Waals surface area contributed by atoms with E-state index in [2.05, 4.69) is 40.5 Å². The van der Waals surface area contributed by atoms with Crippen LogP contribution < -0.4 is 0 Å². The van der Waals surface area contributed by atoms with E-state index in [4.69, 9.17) is 5.10 Å². The molecule has 0 radical (unpaired) electrons. The van der Waals surface area contributed by atoms with Crippen LogP contribution >= 0.6 is 11.3 Å². The van der Waals surface area contributed by atoms with Crippen molar-refractivity contribution < 1.29 is 0 Å². The Bertz CT molecular complexity index is 808. The third-order valence-electron chi connectivity index (χ3n) is 4.74. The number of aromatic nitrogens is 6. The molecule has 1 aliphatic rings. The van der Waals surface area contributed by atoms with Gasteiger partial charge in [0.1, 0.15) is 10.8 Å². The van der Waals surface area contributed by atoms with E-state index in [9.17, 15) is 0 Å². The Hall–Kier alpha value is -1.76. The van der Waals surface area contributed by atoms with Crippen LogP contribution in [0.2, 0.25) is 0 Å². The predicted octanol–water partition coefficient (Wildman–Crippen LogP) is 3.77. The predicted molar refractivity (Wildman–Crippen MR) is 90.0 cm³/mol. The third kappa shape index (κ3) is 2.47. The number of rotatable bonds is 4. The summed E-state index contributed by atoms with van der Waals surface area (Å²) in [6.45, 7) is 6.51. The van der Waals surface area contributed by atoms with Gasteiger partial charge < -0.3 is 4.57 Å². The summed E-state index contributed by atoms with van der Waals surface area (Å²) in [5.74, 6) is 3.06. The minimum atomic E-state index is 0.165. The highest BCUT2D eigenvalue weighted by molar-refractivity contribution is 7.16. The van der Waals surface area contributed by atoms with Gasteiger partial charge in [-0.15, -0.1) is 10.2 Å². The summed E-state index contributed by atoms with van der Waals surface area (Å²) >= 11 is 1.63. The Balaban J connectivity index is 1.70. The van der Waals surface area contributed by atoms with Gasteiger partial charge in [-0.1, -0.05) is 38.0 Å². The van der Waals surface area contributed by atoms with Crippen LogP contribution in [-0.4, -0.2) is 29.4 Å². The maximum atomic E-state index is 4.84. The first-order valence-electron chi connectivity index (χ1n) is 8.40. The van der Waals surface area contributed by atoms with Crippen molar-refractivity contribution in [1.82, 2.24) is 29.4 Å². The van der Waals surface area contributed by atoms with Crippen molar-refractivity contribution >= 4 is 16.3 Å². The summed E-state index contributed by atoms with van der Waals surface area (Å²) in [5.41, 5.74) is 0. The molecule has 0 bridgehead atoms. The minimum Gasteiger partial charge on any atom is -0.325 e. The number of hydrogen-bond donors (Lipinski definition) is 0. The lowest BCUT2D eigenvalue weighted by molar-refractivity contribution is 0.563. The molecule has 0 saturated heterocycles. The van der Waals surface area contributed by atoms with Gasteiger partial charge in [-0.3, -0.25) is 0 Å². The van der Waals surface area contributed by atoms with Crippen LogP contribution in [0.3, 0.4) is 0 Å². The Kier molecular flexibility index (Phi) is 3.67. The fourth-order valence-electron chi connectivity index (χ4n) is 3.47. The molecule has 6 nitrogen and oxygen atoms in total. The maximum absolute atomic E-state index is 4.84. The van der Waals surface area contributed by atoms with Gasteiger partial charge in [0.2, 0.25) is 4.96 Å². The molecule has 0 amide bonds. The molecule has 0 aromatic carbocycles. The second-order valence-electron chi connectivity index (χ2n) is 6.70. The smallest absolute Gasteiger partial charge is 0.234 e. The first-order valence-corrected chi connectivity index (χ1v) is 9.21. The number of nitrogens with zero attached hydrogens (tertiary/aromatic N) is 6. The first kappa shape index (κ1) is 14.8. The van der Waals surface area contributed by atoms with E-state index in [0.29, 0.717) is 11.8 Å². The zero-order chi connectivity index (χ0) is 16.0. The third-order valence-corrected chi connectivity index (χ3v) is 5.81. The molecular weight excluding hydrogens is 308 g/mol. The molecule has 122 valence electrons. The van der Waals surface area contributed by atoms with Crippen LogP contribution in [0.25, 0.3) is 4.96 Å². The van der Waals surface area contributed by atoms with Gasteiger partial charge >= 0.3 is 0 Å². The molecule has 0 N–H and O–H groups in total. The van der Waals surface area contributed by atoms with Gasteiger partial charge in [-0.2, -0.15) is 9.61 Å². The van der Waals surface area contributed by atoms with Crippen molar-refractivity contribution in [3.8, 4) is 0 Å². The highest BCUT2D eigenvalue weighted by atomic mass is 32.1. The lowest BCUT2D eigenvalue weighted by Gasteiger charge is -2.15. The van der Waals surface area contributed by atoms with Gasteiger partial charge in [0.15, 0.2) is 5.82 Å². The standard InChI is InChI=1S/C16H22N6S/c1-10(2)13-17-8-9-21(13)11(3)15-20-22-14(12-6-4-5-7-12)18-19-16(22)23-15/h8-12H,4-7H2,1-3H3. The largest absolute Gasteiger partial charge is 0.325 e. The maximum Gasteiger partial charge on any atom is 0.234 e. The highest BCUT2D eigenvalue weighted by Gasteiger charge is 2.25. The molecule has 1 saturated carbocycles. The van der Waals surface area contributed by atoms with Crippen molar-refractivity contribution in [2.45, 2.75) is 64.3 Å². The van der Waals surface area contributed by atoms with Crippen molar-refractivity contribution in [2.75, 3.05) is 0 Å². The highest BCUT2D eigenvalue weighted by Crippen LogP contribution is 2.34. The summed E-state index contributed by atoms with van der Waals surface area (Å²) < 4.78 is 4.18. The fraction of sp³-hybridized carbons (Fsp3) is 0.625. The summed E-state index contributed by atoms with van der Waals surface area (Å²) in [6.07, 6.45) is 8.92. The second-order valence-corrected chi connectivity index (χ2v) is 7.69. The second kappa shape index (κ2) is 5.70. The average Bonchev–Trinajstić information content (AvgIpc) is 3.27. The Labute approximate surface area is 139 Å². The van der Waals surface area contributed by atoms with Crippen LogP contribution in [0.15, 0.2) is 12.4 Å². The summed E-state index contributed by atoms with van der Waals surface area (Å²) in [5, 5.41) is 14.6. The van der Waals surface area contributed by atoms with Crippen LogP contribution in [0, 0.1) is 0 Å². The van der Waals surface area contributed by atoms with Crippen molar-refractivity contribution in [3.63, 3.8) is 0 Å². The number of imidazole rings is 1. The van der Waals surface area contributed by atoms with E-state index in [0.717, 1.165) is 21.6 Å².